The van der Waals surface area contributed by atoms with Gasteiger partial charge in [-0.15, -0.1) is 0 Å². The van der Waals surface area contributed by atoms with Gasteiger partial charge in [-0.25, -0.2) is 9.18 Å². The van der Waals surface area contributed by atoms with Crippen LogP contribution in [-0.4, -0.2) is 65.7 Å². The van der Waals surface area contributed by atoms with Crippen LogP contribution in [0.25, 0.3) is 0 Å². The Labute approximate surface area is 238 Å². The molecule has 9 heteroatoms. The third-order valence-electron chi connectivity index (χ3n) is 8.44. The summed E-state index contributed by atoms with van der Waals surface area (Å²) in [4.78, 5) is 40.3. The summed E-state index contributed by atoms with van der Waals surface area (Å²) < 4.78 is 20.8. The van der Waals surface area contributed by atoms with Crippen molar-refractivity contribution in [3.63, 3.8) is 0 Å². The molecule has 2 heterocycles. The number of carbonyl (C=O) groups is 3. The quantitative estimate of drug-likeness (QED) is 0.452. The minimum atomic E-state index is -0.473. The van der Waals surface area contributed by atoms with E-state index in [4.69, 9.17) is 4.74 Å². The molecule has 4 rings (SSSR count). The molecule has 3 aliphatic rings. The Hall–Kier alpha value is -2.68. The van der Waals surface area contributed by atoms with Crippen molar-refractivity contribution < 1.29 is 23.5 Å². The first kappa shape index (κ1) is 30.3. The lowest BCUT2D eigenvalue weighted by Crippen LogP contribution is -2.57. The van der Waals surface area contributed by atoms with E-state index in [2.05, 4.69) is 15.5 Å². The lowest BCUT2D eigenvalue weighted by molar-refractivity contribution is -0.134. The van der Waals surface area contributed by atoms with Crippen LogP contribution in [0.15, 0.2) is 18.2 Å². The molecule has 0 aromatic heterocycles. The van der Waals surface area contributed by atoms with Gasteiger partial charge in [0.1, 0.15) is 11.9 Å². The van der Waals surface area contributed by atoms with Crippen molar-refractivity contribution in [2.75, 3.05) is 24.5 Å². The zero-order valence-corrected chi connectivity index (χ0v) is 25.0. The molecular formula is C31H47FN4O4. The molecule has 3 fully saturated rings. The standard InChI is InChI=1S/C31H47FN4O4/c1-30(2,3)36(31(4,5)6)29(39)40-23-18-22(19-23)33-14-11-20-12-15-35(16-13-20)26-9-7-21(17-25(26)32)24-8-10-27(37)34-28(24)38/h7,9,17,20,22-24,33H,8,10-16,18-19H2,1-6H3,(H,34,37,38). The van der Waals surface area contributed by atoms with Crippen molar-refractivity contribution in [3.8, 4) is 0 Å². The van der Waals surface area contributed by atoms with Crippen molar-refractivity contribution in [1.29, 1.82) is 0 Å². The molecule has 0 radical (unpaired) electrons. The highest BCUT2D eigenvalue weighted by atomic mass is 19.1. The Balaban J connectivity index is 1.15. The second-order valence-corrected chi connectivity index (χ2v) is 13.7. The third kappa shape index (κ3) is 7.33. The van der Waals surface area contributed by atoms with Crippen LogP contribution in [0.5, 0.6) is 0 Å². The maximum Gasteiger partial charge on any atom is 0.410 e. The van der Waals surface area contributed by atoms with Crippen LogP contribution in [0.2, 0.25) is 0 Å². The average molecular weight is 559 g/mol. The number of halogens is 1. The van der Waals surface area contributed by atoms with Crippen LogP contribution in [0, 0.1) is 11.7 Å². The van der Waals surface area contributed by atoms with Crippen molar-refractivity contribution in [2.45, 2.75) is 116 Å². The SMILES string of the molecule is CC(C)(C)N(C(=O)OC1CC(NCCC2CCN(c3ccc(C4CCC(=O)NC4=O)cc3F)CC2)C1)C(C)(C)C. The molecule has 2 aliphatic heterocycles. The largest absolute Gasteiger partial charge is 0.446 e. The molecule has 1 aromatic rings. The number of imide groups is 1. The fourth-order valence-electron chi connectivity index (χ4n) is 6.54. The van der Waals surface area contributed by atoms with E-state index in [0.717, 1.165) is 51.7 Å². The van der Waals surface area contributed by atoms with Gasteiger partial charge in [-0.05, 0) is 110 Å². The number of rotatable bonds is 7. The van der Waals surface area contributed by atoms with Crippen LogP contribution in [-0.2, 0) is 14.3 Å². The van der Waals surface area contributed by atoms with Crippen LogP contribution in [0.1, 0.15) is 98.0 Å². The molecule has 222 valence electrons. The van der Waals surface area contributed by atoms with Gasteiger partial charge in [0, 0.05) is 36.6 Å². The van der Waals surface area contributed by atoms with Gasteiger partial charge in [-0.2, -0.15) is 0 Å². The van der Waals surface area contributed by atoms with Gasteiger partial charge in [0.2, 0.25) is 11.8 Å². The maximum absolute atomic E-state index is 15.0. The molecule has 2 saturated heterocycles. The maximum atomic E-state index is 15.0. The predicted octanol–water partition coefficient (Wildman–Crippen LogP) is 5.11. The Morgan fingerprint density at radius 1 is 1.07 bits per heavy atom. The summed E-state index contributed by atoms with van der Waals surface area (Å²) in [5.41, 5.74) is 0.592. The molecule has 1 unspecified atom stereocenters. The normalized spacial score (nSPS) is 24.4. The molecule has 40 heavy (non-hydrogen) atoms. The zero-order valence-electron chi connectivity index (χ0n) is 25.0. The highest BCUT2D eigenvalue weighted by molar-refractivity contribution is 6.00. The number of nitrogens with zero attached hydrogens (tertiary/aromatic N) is 2. The lowest BCUT2D eigenvalue weighted by Gasteiger charge is -2.46. The molecule has 3 amide bonds. The number of ether oxygens (including phenoxy) is 1. The molecule has 1 aromatic carbocycles. The second-order valence-electron chi connectivity index (χ2n) is 13.7. The van der Waals surface area contributed by atoms with E-state index < -0.39 is 5.92 Å². The monoisotopic (exact) mass is 558 g/mol. The van der Waals surface area contributed by atoms with E-state index >= 15 is 4.39 Å². The van der Waals surface area contributed by atoms with Gasteiger partial charge in [0.05, 0.1) is 11.6 Å². The smallest absolute Gasteiger partial charge is 0.410 e. The first-order valence-corrected chi connectivity index (χ1v) is 14.8. The fraction of sp³-hybridized carbons (Fsp3) is 0.710. The molecule has 1 atom stereocenters. The van der Waals surface area contributed by atoms with Gasteiger partial charge in [-0.1, -0.05) is 6.07 Å². The van der Waals surface area contributed by atoms with Gasteiger partial charge in [0.15, 0.2) is 0 Å². The highest BCUT2D eigenvalue weighted by Crippen LogP contribution is 2.33. The lowest BCUT2D eigenvalue weighted by atomic mass is 9.88. The molecule has 0 spiro atoms. The second kappa shape index (κ2) is 12.0. The first-order valence-electron chi connectivity index (χ1n) is 14.8. The van der Waals surface area contributed by atoms with Crippen LogP contribution in [0.3, 0.4) is 0 Å². The third-order valence-corrected chi connectivity index (χ3v) is 8.44. The van der Waals surface area contributed by atoms with Crippen molar-refractivity contribution in [1.82, 2.24) is 15.5 Å². The number of benzene rings is 1. The van der Waals surface area contributed by atoms with Gasteiger partial charge >= 0.3 is 6.09 Å². The number of nitrogens with one attached hydrogen (secondary N) is 2. The average Bonchev–Trinajstić information content (AvgIpc) is 2.81. The number of piperidine rings is 2. The summed E-state index contributed by atoms with van der Waals surface area (Å²) in [6, 6.07) is 5.44. The Kier molecular flexibility index (Phi) is 9.12. The van der Waals surface area contributed by atoms with Crippen molar-refractivity contribution >= 4 is 23.6 Å². The highest BCUT2D eigenvalue weighted by Gasteiger charge is 2.40. The first-order chi connectivity index (χ1) is 18.7. The number of carbonyl (C=O) groups excluding carboxylic acids is 3. The summed E-state index contributed by atoms with van der Waals surface area (Å²) >= 11 is 0. The predicted molar refractivity (Wildman–Crippen MR) is 154 cm³/mol. The number of amides is 3. The minimum Gasteiger partial charge on any atom is -0.446 e. The van der Waals surface area contributed by atoms with Crippen LogP contribution in [0.4, 0.5) is 14.9 Å². The van der Waals surface area contributed by atoms with Gasteiger partial charge in [-0.3, -0.25) is 19.8 Å². The minimum absolute atomic E-state index is 0.0308. The van der Waals surface area contributed by atoms with E-state index in [1.54, 1.807) is 6.07 Å². The topological polar surface area (TPSA) is 91.0 Å². The molecule has 2 N–H and O–H groups in total. The van der Waals surface area contributed by atoms with Crippen LogP contribution < -0.4 is 15.5 Å². The van der Waals surface area contributed by atoms with E-state index in [9.17, 15) is 14.4 Å². The van der Waals surface area contributed by atoms with Gasteiger partial charge < -0.3 is 15.0 Å². The van der Waals surface area contributed by atoms with Gasteiger partial charge in [0.25, 0.3) is 0 Å². The summed E-state index contributed by atoms with van der Waals surface area (Å²) in [7, 11) is 0. The van der Waals surface area contributed by atoms with E-state index in [1.165, 1.54) is 6.07 Å². The van der Waals surface area contributed by atoms with Crippen molar-refractivity contribution in [3.05, 3.63) is 29.6 Å². The molecule has 8 nitrogen and oxygen atoms in total. The summed E-state index contributed by atoms with van der Waals surface area (Å²) in [5, 5.41) is 5.97. The van der Waals surface area contributed by atoms with Crippen molar-refractivity contribution in [2.24, 2.45) is 5.92 Å². The number of anilines is 1. The van der Waals surface area contributed by atoms with E-state index in [1.807, 2.05) is 52.5 Å². The summed E-state index contributed by atoms with van der Waals surface area (Å²) in [5.74, 6) is -0.799. The number of hydrogen-bond donors (Lipinski definition) is 2. The van der Waals surface area contributed by atoms with Crippen LogP contribution >= 0.6 is 0 Å². The molecule has 0 bridgehead atoms. The zero-order chi connectivity index (χ0) is 29.2. The molecular weight excluding hydrogens is 511 g/mol. The van der Waals surface area contributed by atoms with E-state index in [-0.39, 0.29) is 47.3 Å². The summed E-state index contributed by atoms with van der Waals surface area (Å²) in [6.07, 6.45) is 5.22. The Morgan fingerprint density at radius 3 is 2.30 bits per heavy atom. The number of hydrogen-bond acceptors (Lipinski definition) is 6. The summed E-state index contributed by atoms with van der Waals surface area (Å²) in [6.45, 7) is 14.7. The fourth-order valence-corrected chi connectivity index (χ4v) is 6.54. The Morgan fingerprint density at radius 2 is 1.73 bits per heavy atom. The molecule has 1 aliphatic carbocycles. The Bertz CT molecular complexity index is 1070. The van der Waals surface area contributed by atoms with E-state index in [0.29, 0.717) is 29.6 Å². The molecule has 1 saturated carbocycles.